The third kappa shape index (κ3) is 6.12. The van der Waals surface area contributed by atoms with Gasteiger partial charge in [0.2, 0.25) is 11.8 Å². The third-order valence-electron chi connectivity index (χ3n) is 4.25. The first-order valence-corrected chi connectivity index (χ1v) is 10.5. The molecule has 0 saturated heterocycles. The first-order chi connectivity index (χ1) is 14.4. The number of hydrogen-bond donors (Lipinski definition) is 2. The molecule has 3 aromatic carbocycles. The van der Waals surface area contributed by atoms with Gasteiger partial charge in [-0.1, -0.05) is 29.8 Å². The summed E-state index contributed by atoms with van der Waals surface area (Å²) < 4.78 is 5.95. The Morgan fingerprint density at radius 1 is 0.900 bits per heavy atom. The number of benzene rings is 3. The van der Waals surface area contributed by atoms with Crippen LogP contribution < -0.4 is 15.4 Å². The molecule has 0 aliphatic heterocycles. The Bertz CT molecular complexity index is 1020. The summed E-state index contributed by atoms with van der Waals surface area (Å²) in [5.74, 6) is 1.07. The Morgan fingerprint density at radius 2 is 1.57 bits per heavy atom. The second-order valence-electron chi connectivity index (χ2n) is 6.87. The summed E-state index contributed by atoms with van der Waals surface area (Å²) >= 11 is 1.44. The minimum absolute atomic E-state index is 0.116. The van der Waals surface area contributed by atoms with E-state index in [1.54, 1.807) is 0 Å². The summed E-state index contributed by atoms with van der Waals surface area (Å²) in [7, 11) is 0. The van der Waals surface area contributed by atoms with E-state index in [-0.39, 0.29) is 17.1 Å². The smallest absolute Gasteiger partial charge is 0.237 e. The molecule has 0 aliphatic rings. The molecule has 2 amide bonds. The van der Waals surface area contributed by atoms with E-state index in [4.69, 9.17) is 4.74 Å². The van der Waals surface area contributed by atoms with E-state index in [1.807, 2.05) is 86.6 Å². The lowest BCUT2D eigenvalue weighted by Gasteiger charge is -2.15. The third-order valence-corrected chi connectivity index (χ3v) is 5.36. The van der Waals surface area contributed by atoms with E-state index in [1.165, 1.54) is 18.7 Å². The zero-order valence-corrected chi connectivity index (χ0v) is 18.0. The van der Waals surface area contributed by atoms with Crippen LogP contribution in [0.1, 0.15) is 19.4 Å². The van der Waals surface area contributed by atoms with Gasteiger partial charge in [0.15, 0.2) is 5.75 Å². The predicted molar refractivity (Wildman–Crippen MR) is 122 cm³/mol. The van der Waals surface area contributed by atoms with Gasteiger partial charge in [-0.25, -0.2) is 0 Å². The van der Waals surface area contributed by atoms with Crippen LogP contribution in [0.4, 0.5) is 11.4 Å². The number of carbonyl (C=O) groups excluding carboxylic acids is 2. The SMILES string of the molecule is CC(=O)Nc1ccc(SC(C)C(=O)Nc2ccccc2Oc2ccc(C)cc2)cc1. The van der Waals surface area contributed by atoms with Crippen LogP contribution in [0.5, 0.6) is 11.5 Å². The van der Waals surface area contributed by atoms with E-state index >= 15 is 0 Å². The number of para-hydroxylation sites is 2. The lowest BCUT2D eigenvalue weighted by molar-refractivity contribution is -0.115. The zero-order chi connectivity index (χ0) is 21.5. The van der Waals surface area contributed by atoms with Crippen molar-refractivity contribution < 1.29 is 14.3 Å². The van der Waals surface area contributed by atoms with Crippen LogP contribution >= 0.6 is 11.8 Å². The van der Waals surface area contributed by atoms with Crippen LogP contribution in [0.25, 0.3) is 0 Å². The predicted octanol–water partition coefficient (Wildman–Crippen LogP) is 5.87. The van der Waals surface area contributed by atoms with Crippen molar-refractivity contribution in [3.8, 4) is 11.5 Å². The summed E-state index contributed by atoms with van der Waals surface area (Å²) in [4.78, 5) is 24.8. The van der Waals surface area contributed by atoms with Gasteiger partial charge in [-0.2, -0.15) is 0 Å². The first kappa shape index (κ1) is 21.5. The maximum Gasteiger partial charge on any atom is 0.237 e. The second-order valence-corrected chi connectivity index (χ2v) is 8.28. The molecule has 154 valence electrons. The Labute approximate surface area is 180 Å². The number of anilines is 2. The number of ether oxygens (including phenoxy) is 1. The summed E-state index contributed by atoms with van der Waals surface area (Å²) in [5, 5.41) is 5.37. The standard InChI is InChI=1S/C24H24N2O3S/c1-16-8-12-20(13-9-16)29-23-7-5-4-6-22(23)26-24(28)17(2)30-21-14-10-19(11-15-21)25-18(3)27/h4-15,17H,1-3H3,(H,25,27)(H,26,28). The molecule has 1 unspecified atom stereocenters. The van der Waals surface area contributed by atoms with Gasteiger partial charge in [-0.15, -0.1) is 11.8 Å². The minimum atomic E-state index is -0.316. The van der Waals surface area contributed by atoms with Crippen molar-refractivity contribution in [2.45, 2.75) is 30.9 Å². The van der Waals surface area contributed by atoms with Gasteiger partial charge in [0.1, 0.15) is 5.75 Å². The van der Waals surface area contributed by atoms with Gasteiger partial charge < -0.3 is 15.4 Å². The van der Waals surface area contributed by atoms with Gasteiger partial charge in [0, 0.05) is 17.5 Å². The maximum atomic E-state index is 12.7. The summed E-state index contributed by atoms with van der Waals surface area (Å²) in [5.41, 5.74) is 2.50. The number of amides is 2. The van der Waals surface area contributed by atoms with Crippen LogP contribution in [-0.4, -0.2) is 17.1 Å². The molecular formula is C24H24N2O3S. The van der Waals surface area contributed by atoms with Crippen LogP contribution in [-0.2, 0) is 9.59 Å². The molecule has 5 nitrogen and oxygen atoms in total. The van der Waals surface area contributed by atoms with E-state index in [0.717, 1.165) is 16.1 Å². The molecular weight excluding hydrogens is 396 g/mol. The molecule has 3 aromatic rings. The molecule has 0 bridgehead atoms. The van der Waals surface area contributed by atoms with Crippen molar-refractivity contribution in [1.29, 1.82) is 0 Å². The molecule has 0 saturated carbocycles. The molecule has 2 N–H and O–H groups in total. The van der Waals surface area contributed by atoms with Crippen molar-refractivity contribution in [2.24, 2.45) is 0 Å². The van der Waals surface area contributed by atoms with Crippen molar-refractivity contribution in [3.63, 3.8) is 0 Å². The Morgan fingerprint density at radius 3 is 2.23 bits per heavy atom. The summed E-state index contributed by atoms with van der Waals surface area (Å²) in [6.07, 6.45) is 0. The highest BCUT2D eigenvalue weighted by atomic mass is 32.2. The number of hydrogen-bond acceptors (Lipinski definition) is 4. The average Bonchev–Trinajstić information content (AvgIpc) is 2.72. The molecule has 30 heavy (non-hydrogen) atoms. The maximum absolute atomic E-state index is 12.7. The Balaban J connectivity index is 1.63. The lowest BCUT2D eigenvalue weighted by atomic mass is 10.2. The van der Waals surface area contributed by atoms with Crippen LogP contribution in [0.15, 0.2) is 77.7 Å². The van der Waals surface area contributed by atoms with E-state index in [0.29, 0.717) is 17.2 Å². The van der Waals surface area contributed by atoms with Crippen molar-refractivity contribution in [3.05, 3.63) is 78.4 Å². The van der Waals surface area contributed by atoms with E-state index in [9.17, 15) is 9.59 Å². The average molecular weight is 421 g/mol. The highest BCUT2D eigenvalue weighted by molar-refractivity contribution is 8.00. The molecule has 0 aromatic heterocycles. The van der Waals surface area contributed by atoms with Gasteiger partial charge in [-0.3, -0.25) is 9.59 Å². The quantitative estimate of drug-likeness (QED) is 0.470. The highest BCUT2D eigenvalue weighted by Crippen LogP contribution is 2.31. The second kappa shape index (κ2) is 9.98. The summed E-state index contributed by atoms with van der Waals surface area (Å²) in [6, 6.07) is 22.5. The highest BCUT2D eigenvalue weighted by Gasteiger charge is 2.16. The van der Waals surface area contributed by atoms with E-state index in [2.05, 4.69) is 10.6 Å². The molecule has 0 aliphatic carbocycles. The van der Waals surface area contributed by atoms with Crippen LogP contribution in [0.2, 0.25) is 0 Å². The fraction of sp³-hybridized carbons (Fsp3) is 0.167. The normalized spacial score (nSPS) is 11.4. The topological polar surface area (TPSA) is 67.4 Å². The Hall–Kier alpha value is -3.25. The fourth-order valence-electron chi connectivity index (χ4n) is 2.70. The number of rotatable bonds is 7. The van der Waals surface area contributed by atoms with Gasteiger partial charge in [0.05, 0.1) is 10.9 Å². The van der Waals surface area contributed by atoms with E-state index < -0.39 is 0 Å². The van der Waals surface area contributed by atoms with Crippen LogP contribution in [0.3, 0.4) is 0 Å². The zero-order valence-electron chi connectivity index (χ0n) is 17.1. The monoisotopic (exact) mass is 420 g/mol. The van der Waals surface area contributed by atoms with Crippen molar-refractivity contribution in [1.82, 2.24) is 0 Å². The first-order valence-electron chi connectivity index (χ1n) is 9.59. The number of nitrogens with one attached hydrogen (secondary N) is 2. The fourth-order valence-corrected chi connectivity index (χ4v) is 3.57. The molecule has 1 atom stereocenters. The molecule has 0 spiro atoms. The molecule has 3 rings (SSSR count). The lowest BCUT2D eigenvalue weighted by Crippen LogP contribution is -2.22. The largest absolute Gasteiger partial charge is 0.455 e. The number of carbonyl (C=O) groups is 2. The van der Waals surface area contributed by atoms with Gasteiger partial charge in [0.25, 0.3) is 0 Å². The van der Waals surface area contributed by atoms with Crippen molar-refractivity contribution >= 4 is 35.0 Å². The van der Waals surface area contributed by atoms with Crippen molar-refractivity contribution in [2.75, 3.05) is 10.6 Å². The van der Waals surface area contributed by atoms with Gasteiger partial charge >= 0.3 is 0 Å². The van der Waals surface area contributed by atoms with Gasteiger partial charge in [-0.05, 0) is 62.4 Å². The molecule has 0 fully saturated rings. The van der Waals surface area contributed by atoms with Crippen LogP contribution in [0, 0.1) is 6.92 Å². The number of aryl methyl sites for hydroxylation is 1. The molecule has 6 heteroatoms. The number of thioether (sulfide) groups is 1. The Kier molecular flexibility index (Phi) is 7.14. The minimum Gasteiger partial charge on any atom is -0.455 e. The summed E-state index contributed by atoms with van der Waals surface area (Å²) in [6.45, 7) is 5.34. The molecule has 0 heterocycles. The molecule has 0 radical (unpaired) electrons.